The SMILES string of the molecule is Cc1cc(C)c(NC(=O)C[N+]2(Cc3ccccc3)CCCCCC2)c(C)c1. The molecule has 2 aromatic rings. The first kappa shape index (κ1) is 19.6. The van der Waals surface area contributed by atoms with Gasteiger partial charge in [-0.25, -0.2) is 0 Å². The maximum Gasteiger partial charge on any atom is 0.279 e. The van der Waals surface area contributed by atoms with Crippen molar-refractivity contribution in [2.45, 2.75) is 53.0 Å². The van der Waals surface area contributed by atoms with Crippen LogP contribution < -0.4 is 5.32 Å². The third-order valence-corrected chi connectivity index (χ3v) is 5.80. The van der Waals surface area contributed by atoms with Crippen molar-refractivity contribution >= 4 is 11.6 Å². The predicted octanol–water partition coefficient (Wildman–Crippen LogP) is 5.14. The Morgan fingerprint density at radius 1 is 0.926 bits per heavy atom. The molecular weight excluding hydrogens is 332 g/mol. The molecule has 0 radical (unpaired) electrons. The second-order valence-corrected chi connectivity index (χ2v) is 8.33. The van der Waals surface area contributed by atoms with Gasteiger partial charge in [-0.1, -0.05) is 48.0 Å². The summed E-state index contributed by atoms with van der Waals surface area (Å²) in [5, 5.41) is 3.23. The average Bonchev–Trinajstić information content (AvgIpc) is 2.84. The maximum absolute atomic E-state index is 13.1. The van der Waals surface area contributed by atoms with Gasteiger partial charge in [-0.3, -0.25) is 4.79 Å². The zero-order valence-electron chi connectivity index (χ0n) is 17.1. The minimum absolute atomic E-state index is 0.142. The molecule has 0 bridgehead atoms. The largest absolute Gasteiger partial charge is 0.321 e. The molecule has 1 N–H and O–H groups in total. The van der Waals surface area contributed by atoms with E-state index in [1.807, 2.05) is 0 Å². The van der Waals surface area contributed by atoms with Gasteiger partial charge in [0.1, 0.15) is 6.54 Å². The minimum Gasteiger partial charge on any atom is -0.321 e. The number of quaternary nitrogens is 1. The number of rotatable bonds is 5. The molecular formula is C24H33N2O+. The first-order valence-corrected chi connectivity index (χ1v) is 10.2. The van der Waals surface area contributed by atoms with Crippen LogP contribution in [0.5, 0.6) is 0 Å². The highest BCUT2D eigenvalue weighted by Crippen LogP contribution is 2.25. The van der Waals surface area contributed by atoms with Crippen LogP contribution >= 0.6 is 0 Å². The molecule has 0 spiro atoms. The molecule has 1 saturated heterocycles. The molecule has 3 heteroatoms. The Morgan fingerprint density at radius 3 is 2.11 bits per heavy atom. The molecule has 1 heterocycles. The quantitative estimate of drug-likeness (QED) is 0.730. The van der Waals surface area contributed by atoms with Gasteiger partial charge >= 0.3 is 0 Å². The first-order chi connectivity index (χ1) is 13.0. The molecule has 2 aromatic carbocycles. The van der Waals surface area contributed by atoms with Gasteiger partial charge in [0, 0.05) is 11.3 Å². The lowest BCUT2D eigenvalue weighted by molar-refractivity contribution is -0.932. The minimum atomic E-state index is 0.142. The van der Waals surface area contributed by atoms with Crippen molar-refractivity contribution < 1.29 is 9.28 Å². The van der Waals surface area contributed by atoms with E-state index in [0.29, 0.717) is 6.54 Å². The van der Waals surface area contributed by atoms with E-state index in [4.69, 9.17) is 0 Å². The molecule has 3 nitrogen and oxygen atoms in total. The number of carbonyl (C=O) groups excluding carboxylic acids is 1. The van der Waals surface area contributed by atoms with Crippen LogP contribution in [0, 0.1) is 20.8 Å². The fraction of sp³-hybridized carbons (Fsp3) is 0.458. The van der Waals surface area contributed by atoms with E-state index in [9.17, 15) is 4.79 Å². The van der Waals surface area contributed by atoms with Crippen molar-refractivity contribution in [3.8, 4) is 0 Å². The second kappa shape index (κ2) is 8.71. The molecule has 0 saturated carbocycles. The summed E-state index contributed by atoms with van der Waals surface area (Å²) in [4.78, 5) is 13.1. The fourth-order valence-electron chi connectivity index (χ4n) is 4.56. The van der Waals surface area contributed by atoms with E-state index in [0.717, 1.165) is 40.9 Å². The van der Waals surface area contributed by atoms with Gasteiger partial charge < -0.3 is 9.80 Å². The highest BCUT2D eigenvalue weighted by molar-refractivity contribution is 5.93. The molecule has 1 amide bonds. The van der Waals surface area contributed by atoms with Gasteiger partial charge in [-0.05, 0) is 57.6 Å². The Bertz CT molecular complexity index is 751. The fourth-order valence-corrected chi connectivity index (χ4v) is 4.56. The number of anilines is 1. The number of hydrogen-bond donors (Lipinski definition) is 1. The zero-order valence-corrected chi connectivity index (χ0v) is 17.1. The van der Waals surface area contributed by atoms with Crippen molar-refractivity contribution in [2.75, 3.05) is 25.0 Å². The number of nitrogens with one attached hydrogen (secondary N) is 1. The molecule has 1 aliphatic heterocycles. The standard InChI is InChI=1S/C24H32N2O/c1-19-15-20(2)24(21(3)16-19)25-23(27)18-26(13-9-4-5-10-14-26)17-22-11-7-6-8-12-22/h6-8,11-12,15-16H,4-5,9-10,13-14,17-18H2,1-3H3/p+1. The molecule has 1 aliphatic rings. The summed E-state index contributed by atoms with van der Waals surface area (Å²) in [7, 11) is 0. The summed E-state index contributed by atoms with van der Waals surface area (Å²) in [6.07, 6.45) is 4.99. The van der Waals surface area contributed by atoms with Gasteiger partial charge in [-0.2, -0.15) is 0 Å². The van der Waals surface area contributed by atoms with Crippen LogP contribution in [0.1, 0.15) is 47.9 Å². The molecule has 0 unspecified atom stereocenters. The Labute approximate surface area is 164 Å². The smallest absolute Gasteiger partial charge is 0.279 e. The Hall–Kier alpha value is -2.13. The lowest BCUT2D eigenvalue weighted by atomic mass is 10.0. The van der Waals surface area contributed by atoms with Crippen LogP contribution in [0.15, 0.2) is 42.5 Å². The van der Waals surface area contributed by atoms with E-state index in [1.165, 1.54) is 36.8 Å². The van der Waals surface area contributed by atoms with Crippen LogP contribution in [0.4, 0.5) is 5.69 Å². The number of aryl methyl sites for hydroxylation is 3. The topological polar surface area (TPSA) is 29.1 Å². The van der Waals surface area contributed by atoms with E-state index < -0.39 is 0 Å². The molecule has 27 heavy (non-hydrogen) atoms. The van der Waals surface area contributed by atoms with Crippen molar-refractivity contribution in [2.24, 2.45) is 0 Å². The number of amides is 1. The van der Waals surface area contributed by atoms with Crippen LogP contribution in [0.2, 0.25) is 0 Å². The summed E-state index contributed by atoms with van der Waals surface area (Å²) in [6.45, 7) is 9.94. The van der Waals surface area contributed by atoms with Gasteiger partial charge in [0.15, 0.2) is 6.54 Å². The monoisotopic (exact) mass is 365 g/mol. The highest BCUT2D eigenvalue weighted by Gasteiger charge is 2.32. The van der Waals surface area contributed by atoms with Gasteiger partial charge in [0.2, 0.25) is 0 Å². The number of benzene rings is 2. The normalized spacial score (nSPS) is 16.6. The molecule has 144 valence electrons. The Kier molecular flexibility index (Phi) is 6.33. The molecule has 3 rings (SSSR count). The molecule has 0 atom stereocenters. The summed E-state index contributed by atoms with van der Waals surface area (Å²) in [5.41, 5.74) is 5.84. The third kappa shape index (κ3) is 5.20. The van der Waals surface area contributed by atoms with Crippen molar-refractivity contribution in [1.82, 2.24) is 0 Å². The van der Waals surface area contributed by atoms with Gasteiger partial charge in [-0.15, -0.1) is 0 Å². The lowest BCUT2D eigenvalue weighted by Gasteiger charge is -2.37. The summed E-state index contributed by atoms with van der Waals surface area (Å²) in [5.74, 6) is 0.142. The third-order valence-electron chi connectivity index (χ3n) is 5.80. The average molecular weight is 366 g/mol. The van der Waals surface area contributed by atoms with Gasteiger partial charge in [0.05, 0.1) is 13.1 Å². The molecule has 0 aliphatic carbocycles. The summed E-state index contributed by atoms with van der Waals surface area (Å²) < 4.78 is 0.875. The molecule has 1 fully saturated rings. The summed E-state index contributed by atoms with van der Waals surface area (Å²) in [6, 6.07) is 14.9. The van der Waals surface area contributed by atoms with Crippen molar-refractivity contribution in [1.29, 1.82) is 0 Å². The predicted molar refractivity (Wildman–Crippen MR) is 113 cm³/mol. The highest BCUT2D eigenvalue weighted by atomic mass is 16.2. The maximum atomic E-state index is 13.1. The van der Waals surface area contributed by atoms with Crippen LogP contribution in [0.3, 0.4) is 0 Å². The number of nitrogens with zero attached hydrogens (tertiary/aromatic N) is 1. The van der Waals surface area contributed by atoms with Crippen LogP contribution in [-0.4, -0.2) is 30.0 Å². The first-order valence-electron chi connectivity index (χ1n) is 10.2. The zero-order chi connectivity index (χ0) is 19.3. The van der Waals surface area contributed by atoms with E-state index >= 15 is 0 Å². The molecule has 0 aromatic heterocycles. The van der Waals surface area contributed by atoms with Crippen LogP contribution in [0.25, 0.3) is 0 Å². The lowest BCUT2D eigenvalue weighted by Crippen LogP contribution is -2.52. The van der Waals surface area contributed by atoms with Crippen molar-refractivity contribution in [3.05, 3.63) is 64.7 Å². The number of carbonyl (C=O) groups is 1. The number of likely N-dealkylation sites (tertiary alicyclic amines) is 1. The van der Waals surface area contributed by atoms with E-state index in [-0.39, 0.29) is 5.91 Å². The van der Waals surface area contributed by atoms with Crippen molar-refractivity contribution in [3.63, 3.8) is 0 Å². The number of hydrogen-bond acceptors (Lipinski definition) is 1. The van der Waals surface area contributed by atoms with Gasteiger partial charge in [0.25, 0.3) is 5.91 Å². The summed E-state index contributed by atoms with van der Waals surface area (Å²) >= 11 is 0. The Morgan fingerprint density at radius 2 is 1.52 bits per heavy atom. The van der Waals surface area contributed by atoms with E-state index in [1.54, 1.807) is 0 Å². The van der Waals surface area contributed by atoms with Crippen LogP contribution in [-0.2, 0) is 11.3 Å². The second-order valence-electron chi connectivity index (χ2n) is 8.33. The Balaban J connectivity index is 1.78. The van der Waals surface area contributed by atoms with E-state index in [2.05, 4.69) is 68.6 Å².